The second kappa shape index (κ2) is 18.4. The van der Waals surface area contributed by atoms with Crippen LogP contribution in [0, 0.1) is 0 Å². The Hall–Kier alpha value is -2.22. The fourth-order valence-electron chi connectivity index (χ4n) is 6.51. The molecule has 0 saturated heterocycles. The van der Waals surface area contributed by atoms with Gasteiger partial charge in [0.2, 0.25) is 0 Å². The van der Waals surface area contributed by atoms with Gasteiger partial charge in [-0.1, -0.05) is 179 Å². The Morgan fingerprint density at radius 2 is 0.750 bits per heavy atom. The Kier molecular flexibility index (Phi) is 15.6. The number of halogens is 2. The van der Waals surface area contributed by atoms with Crippen LogP contribution in [0.15, 0.2) is 109 Å². The molecule has 0 unspecified atom stereocenters. The molecule has 6 aromatic rings. The van der Waals surface area contributed by atoms with Gasteiger partial charge in [0.05, 0.1) is 0 Å². The molecule has 0 atom stereocenters. The predicted octanol–water partition coefficient (Wildman–Crippen LogP) is 15.8. The molecule has 0 saturated carbocycles. The van der Waals surface area contributed by atoms with Crippen LogP contribution in [0.25, 0.3) is 43.8 Å². The van der Waals surface area contributed by atoms with Crippen molar-refractivity contribution >= 4 is 48.1 Å². The van der Waals surface area contributed by atoms with Gasteiger partial charge in [-0.3, -0.25) is 0 Å². The summed E-state index contributed by atoms with van der Waals surface area (Å²) in [6, 6.07) is 40.3. The monoisotopic (exact) mass is 824 g/mol. The standard InChI is InChI=1S/2C23H27.C2H6Si.2ClH.Zr/c2*1-22(2,3)18-14-17-12-13-20(23(4,5)6)21(19(17)15-18)16-10-8-7-9-11-16;1-3-2;;;/h2*7-15H,1-6H3;1-2H3;2*1H;/q2*-1;;;;+4/p-2. The van der Waals surface area contributed by atoms with Crippen molar-refractivity contribution in [3.8, 4) is 22.3 Å². The molecule has 0 amide bonds. The van der Waals surface area contributed by atoms with Crippen molar-refractivity contribution < 1.29 is 20.8 Å². The van der Waals surface area contributed by atoms with Gasteiger partial charge in [0.25, 0.3) is 0 Å². The zero-order chi connectivity index (χ0) is 39.1. The van der Waals surface area contributed by atoms with E-state index in [4.69, 9.17) is 17.0 Å². The second-order valence-electron chi connectivity index (χ2n) is 17.8. The molecular formula is C48H60Cl2SiZr. The molecule has 2 radical (unpaired) electrons. The minimum absolute atomic E-state index is 0.124. The van der Waals surface area contributed by atoms with Crippen LogP contribution in [0.2, 0.25) is 13.1 Å². The molecule has 4 heteroatoms. The van der Waals surface area contributed by atoms with Crippen molar-refractivity contribution in [1.29, 1.82) is 0 Å². The molecule has 6 aromatic carbocycles. The first kappa shape index (κ1) is 44.2. The van der Waals surface area contributed by atoms with Crippen LogP contribution in [0.3, 0.4) is 0 Å². The van der Waals surface area contributed by atoms with Crippen LogP contribution in [0.5, 0.6) is 0 Å². The third kappa shape index (κ3) is 11.4. The van der Waals surface area contributed by atoms with Crippen LogP contribution in [0.1, 0.15) is 105 Å². The van der Waals surface area contributed by atoms with Crippen LogP contribution in [-0.4, -0.2) is 9.52 Å². The minimum atomic E-state index is -0.826. The summed E-state index contributed by atoms with van der Waals surface area (Å²) in [5, 5.41) is 5.46. The van der Waals surface area contributed by atoms with Crippen molar-refractivity contribution in [2.75, 3.05) is 0 Å². The van der Waals surface area contributed by atoms with Crippen molar-refractivity contribution in [1.82, 2.24) is 0 Å². The topological polar surface area (TPSA) is 0 Å². The van der Waals surface area contributed by atoms with E-state index >= 15 is 0 Å². The summed E-state index contributed by atoms with van der Waals surface area (Å²) in [5.74, 6) is 0. The molecule has 0 spiro atoms. The number of hydrogen-bond acceptors (Lipinski definition) is 0. The van der Waals surface area contributed by atoms with Crippen molar-refractivity contribution in [2.45, 2.75) is 118 Å². The average Bonchev–Trinajstić information content (AvgIpc) is 3.71. The number of fused-ring (bicyclic) bond motifs is 2. The van der Waals surface area contributed by atoms with E-state index < -0.39 is 20.8 Å². The Labute approximate surface area is 338 Å². The van der Waals surface area contributed by atoms with Crippen LogP contribution in [0.4, 0.5) is 0 Å². The van der Waals surface area contributed by atoms with Crippen molar-refractivity contribution in [3.05, 3.63) is 131 Å². The number of hydrogen-bond donors (Lipinski definition) is 0. The summed E-state index contributed by atoms with van der Waals surface area (Å²) in [4.78, 5) is 0. The Morgan fingerprint density at radius 1 is 0.462 bits per heavy atom. The summed E-state index contributed by atoms with van der Waals surface area (Å²) in [6.07, 6.45) is 0. The zero-order valence-corrected chi connectivity index (χ0v) is 39.1. The molecule has 0 aliphatic rings. The molecule has 0 aliphatic heterocycles. The quantitative estimate of drug-likeness (QED) is 0.121. The first-order valence-corrected chi connectivity index (χ1v) is 26.7. The van der Waals surface area contributed by atoms with Gasteiger partial charge < -0.3 is 0 Å². The maximum atomic E-state index is 4.93. The van der Waals surface area contributed by atoms with E-state index in [1.165, 1.54) is 66.1 Å². The summed E-state index contributed by atoms with van der Waals surface area (Å²) in [5.41, 5.74) is 11.7. The maximum absolute atomic E-state index is 4.93. The van der Waals surface area contributed by atoms with Gasteiger partial charge in [-0.15, -0.1) is 69.1 Å². The second-order valence-corrected chi connectivity index (χ2v) is 22.5. The number of benzene rings is 4. The molecule has 6 rings (SSSR count). The third-order valence-electron chi connectivity index (χ3n) is 9.25. The third-order valence-corrected chi connectivity index (χ3v) is 9.25. The van der Waals surface area contributed by atoms with Crippen LogP contribution >= 0.6 is 17.0 Å². The van der Waals surface area contributed by atoms with Crippen molar-refractivity contribution in [3.63, 3.8) is 0 Å². The van der Waals surface area contributed by atoms with Gasteiger partial charge in [0.15, 0.2) is 0 Å². The van der Waals surface area contributed by atoms with Gasteiger partial charge in [-0.2, -0.15) is 12.1 Å². The zero-order valence-electron chi connectivity index (χ0n) is 34.1. The molecular weight excluding hydrogens is 767 g/mol. The summed E-state index contributed by atoms with van der Waals surface area (Å²) < 4.78 is 0. The Balaban J connectivity index is 0.000000244. The van der Waals surface area contributed by atoms with Crippen LogP contribution < -0.4 is 0 Å². The number of rotatable bonds is 2. The van der Waals surface area contributed by atoms with E-state index in [0.717, 1.165) is 9.52 Å². The van der Waals surface area contributed by atoms with E-state index in [-0.39, 0.29) is 21.7 Å². The van der Waals surface area contributed by atoms with Gasteiger partial charge in [-0.25, -0.2) is 0 Å². The first-order chi connectivity index (χ1) is 24.2. The molecule has 0 heterocycles. The van der Waals surface area contributed by atoms with E-state index in [9.17, 15) is 0 Å². The van der Waals surface area contributed by atoms with E-state index in [2.05, 4.69) is 205 Å². The Morgan fingerprint density at radius 3 is 1.00 bits per heavy atom. The molecule has 0 N–H and O–H groups in total. The van der Waals surface area contributed by atoms with Gasteiger partial charge in [0, 0.05) is 9.52 Å². The first-order valence-electron chi connectivity index (χ1n) is 18.3. The predicted molar refractivity (Wildman–Crippen MR) is 234 cm³/mol. The fourth-order valence-corrected chi connectivity index (χ4v) is 6.51. The van der Waals surface area contributed by atoms with Gasteiger partial charge >= 0.3 is 37.9 Å². The summed E-state index contributed by atoms with van der Waals surface area (Å²) >= 11 is -0.826. The fraction of sp³-hybridized carbons (Fsp3) is 0.375. The molecule has 52 heavy (non-hydrogen) atoms. The molecule has 0 nitrogen and oxygen atoms in total. The molecule has 0 aliphatic carbocycles. The molecule has 0 bridgehead atoms. The Bertz CT molecular complexity index is 1840. The van der Waals surface area contributed by atoms with Gasteiger partial charge in [-0.05, 0) is 32.8 Å². The van der Waals surface area contributed by atoms with E-state index in [0.29, 0.717) is 0 Å². The van der Waals surface area contributed by atoms with E-state index in [1.54, 1.807) is 0 Å². The average molecular weight is 827 g/mol. The van der Waals surface area contributed by atoms with E-state index in [1.807, 2.05) is 0 Å². The van der Waals surface area contributed by atoms with Gasteiger partial charge in [0.1, 0.15) is 0 Å². The van der Waals surface area contributed by atoms with Crippen LogP contribution in [-0.2, 0) is 42.5 Å². The summed E-state index contributed by atoms with van der Waals surface area (Å²) in [6.45, 7) is 31.8. The van der Waals surface area contributed by atoms with Crippen molar-refractivity contribution in [2.24, 2.45) is 0 Å². The molecule has 0 fully saturated rings. The SMILES string of the molecule is CC(C)(C)c1cc2c(-c3ccccc3)c(C(C)(C)C)ccc2[cH-]1.CC(C)(C)c1cc2c(-c3ccccc3)c(C(C)(C)C)ccc2[cH-]1.C[Si]C.[Cl][Zr+2][Cl]. The molecule has 274 valence electrons. The summed E-state index contributed by atoms with van der Waals surface area (Å²) in [7, 11) is 11.0. The molecule has 0 aromatic heterocycles. The normalized spacial score (nSPS) is 11.8.